The molecule has 0 bridgehead atoms. The van der Waals surface area contributed by atoms with Crippen LogP contribution in [0.3, 0.4) is 0 Å². The number of carbonyl (C=O) groups is 2. The van der Waals surface area contributed by atoms with E-state index in [9.17, 15) is 9.59 Å². The summed E-state index contributed by atoms with van der Waals surface area (Å²) in [7, 11) is 0. The Kier molecular flexibility index (Phi) is 4.66. The summed E-state index contributed by atoms with van der Waals surface area (Å²) < 4.78 is 23.3. The molecule has 4 rings (SSSR count). The van der Waals surface area contributed by atoms with Crippen molar-refractivity contribution in [2.24, 2.45) is 0 Å². The van der Waals surface area contributed by atoms with Gasteiger partial charge in [-0.05, 0) is 52.0 Å². The van der Waals surface area contributed by atoms with Crippen LogP contribution in [-0.2, 0) is 4.74 Å². The SMILES string of the molecule is Cc1cc(C(=O)OCC(=O)c2cc(C)n(-c3ccc4c(c3)OCO4)c2C)c(C)o1. The van der Waals surface area contributed by atoms with Gasteiger partial charge in [-0.25, -0.2) is 4.79 Å². The van der Waals surface area contributed by atoms with E-state index >= 15 is 0 Å². The van der Waals surface area contributed by atoms with Gasteiger partial charge in [0.1, 0.15) is 17.1 Å². The number of fused-ring (bicyclic) bond motifs is 1. The van der Waals surface area contributed by atoms with Crippen molar-refractivity contribution in [3.8, 4) is 17.2 Å². The predicted octanol–water partition coefficient (Wildman–Crippen LogP) is 4.07. The molecule has 3 heterocycles. The molecule has 0 fully saturated rings. The van der Waals surface area contributed by atoms with E-state index in [0.29, 0.717) is 34.1 Å². The lowest BCUT2D eigenvalue weighted by atomic mass is 10.1. The average molecular weight is 395 g/mol. The van der Waals surface area contributed by atoms with Crippen LogP contribution in [0.25, 0.3) is 5.69 Å². The summed E-state index contributed by atoms with van der Waals surface area (Å²) in [5, 5.41) is 0. The number of furan rings is 1. The van der Waals surface area contributed by atoms with Crippen LogP contribution in [0.2, 0.25) is 0 Å². The lowest BCUT2D eigenvalue weighted by Gasteiger charge is -2.11. The van der Waals surface area contributed by atoms with Crippen molar-refractivity contribution in [3.63, 3.8) is 0 Å². The second kappa shape index (κ2) is 7.16. The zero-order valence-corrected chi connectivity index (χ0v) is 16.7. The highest BCUT2D eigenvalue weighted by atomic mass is 16.7. The summed E-state index contributed by atoms with van der Waals surface area (Å²) >= 11 is 0. The highest BCUT2D eigenvalue weighted by Crippen LogP contribution is 2.35. The third-order valence-electron chi connectivity index (χ3n) is 4.94. The molecule has 1 aromatic carbocycles. The van der Waals surface area contributed by atoms with Crippen LogP contribution in [0.5, 0.6) is 11.5 Å². The third kappa shape index (κ3) is 3.40. The second-order valence-corrected chi connectivity index (χ2v) is 6.98. The number of Topliss-reactive ketones (excluding diaryl/α,β-unsaturated/α-hetero) is 1. The third-order valence-corrected chi connectivity index (χ3v) is 4.94. The van der Waals surface area contributed by atoms with Gasteiger partial charge < -0.3 is 23.2 Å². The molecular weight excluding hydrogens is 374 g/mol. The van der Waals surface area contributed by atoms with Gasteiger partial charge in [0.2, 0.25) is 12.6 Å². The number of esters is 1. The van der Waals surface area contributed by atoms with E-state index in [1.165, 1.54) is 0 Å². The molecule has 150 valence electrons. The molecule has 0 unspecified atom stereocenters. The van der Waals surface area contributed by atoms with Crippen LogP contribution in [-0.4, -0.2) is 29.7 Å². The van der Waals surface area contributed by atoms with Gasteiger partial charge in [-0.1, -0.05) is 0 Å². The molecule has 1 aliphatic rings. The van der Waals surface area contributed by atoms with Gasteiger partial charge in [-0.2, -0.15) is 0 Å². The molecule has 0 saturated heterocycles. The molecule has 0 radical (unpaired) electrons. The van der Waals surface area contributed by atoms with Crippen LogP contribution < -0.4 is 9.47 Å². The van der Waals surface area contributed by atoms with E-state index in [2.05, 4.69) is 0 Å². The Labute approximate surface area is 167 Å². The van der Waals surface area contributed by atoms with Crippen LogP contribution in [0, 0.1) is 27.7 Å². The summed E-state index contributed by atoms with van der Waals surface area (Å²) in [4.78, 5) is 25.0. The summed E-state index contributed by atoms with van der Waals surface area (Å²) in [6.45, 7) is 7.07. The number of ketones is 1. The molecule has 7 heteroatoms. The Morgan fingerprint density at radius 3 is 2.48 bits per heavy atom. The number of nitrogens with zero attached hydrogens (tertiary/aromatic N) is 1. The Balaban J connectivity index is 1.53. The molecule has 0 spiro atoms. The van der Waals surface area contributed by atoms with E-state index in [-0.39, 0.29) is 19.2 Å². The number of aryl methyl sites for hydroxylation is 3. The van der Waals surface area contributed by atoms with Crippen LogP contribution in [0.1, 0.15) is 43.6 Å². The molecule has 0 saturated carbocycles. The minimum Gasteiger partial charge on any atom is -0.466 e. The first kappa shape index (κ1) is 18.9. The topological polar surface area (TPSA) is 79.9 Å². The number of hydrogen-bond donors (Lipinski definition) is 0. The smallest absolute Gasteiger partial charge is 0.342 e. The number of carbonyl (C=O) groups excluding carboxylic acids is 2. The van der Waals surface area contributed by atoms with Crippen molar-refractivity contribution >= 4 is 11.8 Å². The summed E-state index contributed by atoms with van der Waals surface area (Å²) in [6, 6.07) is 9.03. The van der Waals surface area contributed by atoms with Crippen molar-refractivity contribution < 1.29 is 28.2 Å². The molecule has 0 atom stereocenters. The monoisotopic (exact) mass is 395 g/mol. The van der Waals surface area contributed by atoms with E-state index in [1.54, 1.807) is 26.0 Å². The molecular formula is C22H21NO6. The molecule has 0 amide bonds. The number of aromatic nitrogens is 1. The quantitative estimate of drug-likeness (QED) is 0.479. The number of benzene rings is 1. The van der Waals surface area contributed by atoms with E-state index < -0.39 is 5.97 Å². The molecule has 0 aliphatic carbocycles. The highest BCUT2D eigenvalue weighted by molar-refractivity contribution is 6.00. The zero-order chi connectivity index (χ0) is 20.7. The normalized spacial score (nSPS) is 12.3. The average Bonchev–Trinajstić information content (AvgIpc) is 3.36. The van der Waals surface area contributed by atoms with Crippen molar-refractivity contribution in [3.05, 3.63) is 64.4 Å². The van der Waals surface area contributed by atoms with Gasteiger partial charge in [0.05, 0.1) is 0 Å². The minimum absolute atomic E-state index is 0.202. The second-order valence-electron chi connectivity index (χ2n) is 6.98. The van der Waals surface area contributed by atoms with E-state index in [1.807, 2.05) is 36.6 Å². The van der Waals surface area contributed by atoms with Gasteiger partial charge in [0.15, 0.2) is 18.1 Å². The van der Waals surface area contributed by atoms with E-state index in [4.69, 9.17) is 18.6 Å². The fourth-order valence-corrected chi connectivity index (χ4v) is 3.59. The predicted molar refractivity (Wildman–Crippen MR) is 104 cm³/mol. The van der Waals surface area contributed by atoms with Gasteiger partial charge in [-0.3, -0.25) is 4.79 Å². The standard InChI is InChI=1S/C22H21NO6/c1-12-7-17(19(24)10-26-22(25)18-8-13(2)29-15(18)4)14(3)23(12)16-5-6-20-21(9-16)28-11-27-20/h5-9H,10-11H2,1-4H3. The Hall–Kier alpha value is -3.48. The molecule has 29 heavy (non-hydrogen) atoms. The van der Waals surface area contributed by atoms with Crippen molar-refractivity contribution in [2.75, 3.05) is 13.4 Å². The van der Waals surface area contributed by atoms with Gasteiger partial charge in [0.25, 0.3) is 0 Å². The van der Waals surface area contributed by atoms with Crippen LogP contribution in [0.4, 0.5) is 0 Å². The van der Waals surface area contributed by atoms with Crippen molar-refractivity contribution in [1.82, 2.24) is 4.57 Å². The van der Waals surface area contributed by atoms with E-state index in [0.717, 1.165) is 17.1 Å². The summed E-state index contributed by atoms with van der Waals surface area (Å²) in [6.07, 6.45) is 0. The maximum Gasteiger partial charge on any atom is 0.342 e. The minimum atomic E-state index is -0.572. The van der Waals surface area contributed by atoms with Gasteiger partial charge >= 0.3 is 5.97 Å². The molecule has 1 aliphatic heterocycles. The van der Waals surface area contributed by atoms with Gasteiger partial charge in [0, 0.05) is 28.7 Å². The van der Waals surface area contributed by atoms with Crippen molar-refractivity contribution in [1.29, 1.82) is 0 Å². The van der Waals surface area contributed by atoms with Crippen LogP contribution >= 0.6 is 0 Å². The highest BCUT2D eigenvalue weighted by Gasteiger charge is 2.21. The van der Waals surface area contributed by atoms with Crippen molar-refractivity contribution in [2.45, 2.75) is 27.7 Å². The first-order chi connectivity index (χ1) is 13.8. The maximum absolute atomic E-state index is 12.7. The fourth-order valence-electron chi connectivity index (χ4n) is 3.59. The Morgan fingerprint density at radius 1 is 1.00 bits per heavy atom. The van der Waals surface area contributed by atoms with Gasteiger partial charge in [-0.15, -0.1) is 0 Å². The number of rotatable bonds is 5. The molecule has 2 aromatic heterocycles. The first-order valence-corrected chi connectivity index (χ1v) is 9.21. The van der Waals surface area contributed by atoms with Crippen LogP contribution in [0.15, 0.2) is 34.7 Å². The maximum atomic E-state index is 12.7. The molecule has 0 N–H and O–H groups in total. The number of hydrogen-bond acceptors (Lipinski definition) is 6. The largest absolute Gasteiger partial charge is 0.466 e. The molecule has 3 aromatic rings. The summed E-state index contributed by atoms with van der Waals surface area (Å²) in [5.74, 6) is 1.62. The lowest BCUT2D eigenvalue weighted by molar-refractivity contribution is 0.0472. The Morgan fingerprint density at radius 2 is 1.76 bits per heavy atom. The first-order valence-electron chi connectivity index (χ1n) is 9.21. The Bertz CT molecular complexity index is 1120. The number of ether oxygens (including phenoxy) is 3. The lowest BCUT2D eigenvalue weighted by Crippen LogP contribution is -2.15. The molecule has 7 nitrogen and oxygen atoms in total. The summed E-state index contributed by atoms with van der Waals surface area (Å²) in [5.41, 5.74) is 3.36. The fraction of sp³-hybridized carbons (Fsp3) is 0.273. The zero-order valence-electron chi connectivity index (χ0n) is 16.7.